The zero-order valence-electron chi connectivity index (χ0n) is 11.6. The molecular formula is C16H16BrClFN. The molecule has 0 aromatic heterocycles. The van der Waals surface area contributed by atoms with Crippen LogP contribution in [0.5, 0.6) is 0 Å². The van der Waals surface area contributed by atoms with E-state index in [0.717, 1.165) is 16.7 Å². The number of hydrogen-bond acceptors (Lipinski definition) is 1. The topological polar surface area (TPSA) is 12.0 Å². The summed E-state index contributed by atoms with van der Waals surface area (Å²) in [7, 11) is 1.87. The van der Waals surface area contributed by atoms with Gasteiger partial charge >= 0.3 is 0 Å². The van der Waals surface area contributed by atoms with E-state index in [1.807, 2.05) is 20.0 Å². The third kappa shape index (κ3) is 3.05. The quantitative estimate of drug-likeness (QED) is 0.800. The molecule has 106 valence electrons. The summed E-state index contributed by atoms with van der Waals surface area (Å²) in [5.41, 5.74) is 4.31. The highest BCUT2D eigenvalue weighted by Gasteiger charge is 2.17. The molecule has 1 nitrogen and oxygen atoms in total. The lowest BCUT2D eigenvalue weighted by molar-refractivity contribution is 0.616. The van der Waals surface area contributed by atoms with Gasteiger partial charge in [-0.05, 0) is 77.3 Å². The predicted molar refractivity (Wildman–Crippen MR) is 85.9 cm³/mol. The van der Waals surface area contributed by atoms with Gasteiger partial charge in [-0.2, -0.15) is 0 Å². The molecule has 2 rings (SSSR count). The maximum Gasteiger partial charge on any atom is 0.137 e. The van der Waals surface area contributed by atoms with Crippen LogP contribution in [-0.2, 0) is 0 Å². The fourth-order valence-corrected chi connectivity index (χ4v) is 2.94. The number of rotatable bonds is 3. The molecule has 1 unspecified atom stereocenters. The van der Waals surface area contributed by atoms with Crippen LogP contribution in [0.3, 0.4) is 0 Å². The van der Waals surface area contributed by atoms with Crippen molar-refractivity contribution in [3.8, 4) is 0 Å². The zero-order valence-corrected chi connectivity index (χ0v) is 13.9. The van der Waals surface area contributed by atoms with Gasteiger partial charge in [0.2, 0.25) is 0 Å². The largest absolute Gasteiger partial charge is 0.309 e. The van der Waals surface area contributed by atoms with Gasteiger partial charge in [-0.1, -0.05) is 23.7 Å². The summed E-state index contributed by atoms with van der Waals surface area (Å²) < 4.78 is 13.8. The van der Waals surface area contributed by atoms with Crippen LogP contribution in [0.15, 0.2) is 34.8 Å². The summed E-state index contributed by atoms with van der Waals surface area (Å²) in [5.74, 6) is -0.269. The van der Waals surface area contributed by atoms with Gasteiger partial charge in [0, 0.05) is 5.02 Å². The van der Waals surface area contributed by atoms with Crippen LogP contribution < -0.4 is 5.32 Å². The Morgan fingerprint density at radius 2 is 1.80 bits per heavy atom. The standard InChI is InChI=1S/C16H16BrClFN/c1-9-6-12(14(18)7-10(9)2)16(20-3)11-4-5-15(19)13(17)8-11/h4-8,16,20H,1-3H3. The van der Waals surface area contributed by atoms with Crippen molar-refractivity contribution in [3.05, 3.63) is 67.9 Å². The summed E-state index contributed by atoms with van der Waals surface area (Å²) in [5, 5.41) is 3.96. The van der Waals surface area contributed by atoms with Crippen LogP contribution in [-0.4, -0.2) is 7.05 Å². The van der Waals surface area contributed by atoms with E-state index in [9.17, 15) is 4.39 Å². The molecule has 0 aliphatic heterocycles. The van der Waals surface area contributed by atoms with E-state index in [4.69, 9.17) is 11.6 Å². The molecule has 1 atom stereocenters. The highest BCUT2D eigenvalue weighted by atomic mass is 79.9. The first-order chi connectivity index (χ1) is 9.43. The van der Waals surface area contributed by atoms with E-state index >= 15 is 0 Å². The molecule has 20 heavy (non-hydrogen) atoms. The lowest BCUT2D eigenvalue weighted by Crippen LogP contribution is -2.18. The highest BCUT2D eigenvalue weighted by Crippen LogP contribution is 2.32. The van der Waals surface area contributed by atoms with Crippen molar-refractivity contribution in [1.29, 1.82) is 0 Å². The maximum absolute atomic E-state index is 13.4. The predicted octanol–water partition coefficient (Wildman–Crippen LogP) is 5.17. The van der Waals surface area contributed by atoms with Crippen LogP contribution in [0.2, 0.25) is 5.02 Å². The summed E-state index contributed by atoms with van der Waals surface area (Å²) >= 11 is 9.60. The Balaban J connectivity index is 2.52. The zero-order chi connectivity index (χ0) is 14.9. The van der Waals surface area contributed by atoms with Gasteiger partial charge in [-0.15, -0.1) is 0 Å². The molecule has 0 heterocycles. The number of halogens is 3. The molecule has 1 N–H and O–H groups in total. The average Bonchev–Trinajstić information content (AvgIpc) is 2.40. The summed E-state index contributed by atoms with van der Waals surface area (Å²) in [6, 6.07) is 8.98. The number of aryl methyl sites for hydroxylation is 2. The number of nitrogens with one attached hydrogen (secondary N) is 1. The molecule has 2 aromatic rings. The molecule has 0 aliphatic carbocycles. The maximum atomic E-state index is 13.4. The van der Waals surface area contributed by atoms with Crippen LogP contribution >= 0.6 is 27.5 Å². The van der Waals surface area contributed by atoms with Gasteiger partial charge in [-0.25, -0.2) is 4.39 Å². The minimum absolute atomic E-state index is 0.0706. The molecule has 0 fully saturated rings. The molecule has 0 radical (unpaired) electrons. The Labute approximate surface area is 132 Å². The third-order valence-corrected chi connectivity index (χ3v) is 4.42. The second-order valence-corrected chi connectivity index (χ2v) is 6.11. The van der Waals surface area contributed by atoms with E-state index in [1.54, 1.807) is 12.1 Å². The minimum Gasteiger partial charge on any atom is -0.309 e. The minimum atomic E-state index is -0.269. The molecule has 4 heteroatoms. The van der Waals surface area contributed by atoms with Gasteiger partial charge in [0.15, 0.2) is 0 Å². The Hall–Kier alpha value is -0.900. The summed E-state index contributed by atoms with van der Waals surface area (Å²) in [6.45, 7) is 4.09. The fraction of sp³-hybridized carbons (Fsp3) is 0.250. The van der Waals surface area contributed by atoms with Crippen molar-refractivity contribution < 1.29 is 4.39 Å². The monoisotopic (exact) mass is 355 g/mol. The Bertz CT molecular complexity index is 643. The molecule has 2 aromatic carbocycles. The first-order valence-corrected chi connectivity index (χ1v) is 7.50. The lowest BCUT2D eigenvalue weighted by atomic mass is 9.95. The molecule has 0 aliphatic rings. The Kier molecular flexibility index (Phi) is 4.84. The van der Waals surface area contributed by atoms with Crippen molar-refractivity contribution in [2.45, 2.75) is 19.9 Å². The van der Waals surface area contributed by atoms with Gasteiger partial charge in [0.05, 0.1) is 10.5 Å². The first kappa shape index (κ1) is 15.5. The van der Waals surface area contributed by atoms with Crippen LogP contribution in [0.4, 0.5) is 4.39 Å². The van der Waals surface area contributed by atoms with E-state index < -0.39 is 0 Å². The second-order valence-electron chi connectivity index (χ2n) is 4.85. The van der Waals surface area contributed by atoms with E-state index in [1.165, 1.54) is 11.6 Å². The Morgan fingerprint density at radius 1 is 1.15 bits per heavy atom. The number of benzene rings is 2. The molecule has 0 spiro atoms. The third-order valence-electron chi connectivity index (χ3n) is 3.49. The van der Waals surface area contributed by atoms with Crippen molar-refractivity contribution in [2.24, 2.45) is 0 Å². The van der Waals surface area contributed by atoms with Gasteiger partial charge < -0.3 is 5.32 Å². The van der Waals surface area contributed by atoms with Gasteiger partial charge in [-0.3, -0.25) is 0 Å². The first-order valence-electron chi connectivity index (χ1n) is 6.33. The normalized spacial score (nSPS) is 12.5. The smallest absolute Gasteiger partial charge is 0.137 e. The van der Waals surface area contributed by atoms with Crippen molar-refractivity contribution >= 4 is 27.5 Å². The van der Waals surface area contributed by atoms with Crippen molar-refractivity contribution in [1.82, 2.24) is 5.32 Å². The van der Waals surface area contributed by atoms with Crippen LogP contribution in [0, 0.1) is 19.7 Å². The molecule has 0 bridgehead atoms. The number of hydrogen-bond donors (Lipinski definition) is 1. The summed E-state index contributed by atoms with van der Waals surface area (Å²) in [4.78, 5) is 0. The molecule has 0 amide bonds. The highest BCUT2D eigenvalue weighted by molar-refractivity contribution is 9.10. The Morgan fingerprint density at radius 3 is 2.40 bits per heavy atom. The van der Waals surface area contributed by atoms with Crippen molar-refractivity contribution in [3.63, 3.8) is 0 Å². The lowest BCUT2D eigenvalue weighted by Gasteiger charge is -2.20. The summed E-state index contributed by atoms with van der Waals surface area (Å²) in [6.07, 6.45) is 0. The molecule has 0 saturated heterocycles. The molecule has 0 saturated carbocycles. The van der Waals surface area contributed by atoms with Crippen LogP contribution in [0.1, 0.15) is 28.3 Å². The van der Waals surface area contributed by atoms with Crippen LogP contribution in [0.25, 0.3) is 0 Å². The van der Waals surface area contributed by atoms with E-state index in [0.29, 0.717) is 9.50 Å². The SMILES string of the molecule is CNC(c1ccc(F)c(Br)c1)c1cc(C)c(C)cc1Cl. The average molecular weight is 357 g/mol. The van der Waals surface area contributed by atoms with Crippen molar-refractivity contribution in [2.75, 3.05) is 7.05 Å². The van der Waals surface area contributed by atoms with Gasteiger partial charge in [0.1, 0.15) is 5.82 Å². The van der Waals surface area contributed by atoms with E-state index in [-0.39, 0.29) is 11.9 Å². The molecular weight excluding hydrogens is 341 g/mol. The van der Waals surface area contributed by atoms with E-state index in [2.05, 4.69) is 34.2 Å². The second kappa shape index (κ2) is 6.25. The fourth-order valence-electron chi connectivity index (χ4n) is 2.22. The van der Waals surface area contributed by atoms with Gasteiger partial charge in [0.25, 0.3) is 0 Å².